The summed E-state index contributed by atoms with van der Waals surface area (Å²) in [6.07, 6.45) is 3.79. The van der Waals surface area contributed by atoms with Crippen molar-refractivity contribution < 1.29 is 29.4 Å². The fraction of sp³-hybridized carbons (Fsp3) is 0.389. The molecule has 1 saturated heterocycles. The minimum absolute atomic E-state index is 0.00581. The lowest BCUT2D eigenvalue weighted by Crippen LogP contribution is -2.44. The fourth-order valence-electron chi connectivity index (χ4n) is 6.43. The number of hydroxylamine groups is 2. The maximum atomic E-state index is 13.0. The molecule has 1 fully saturated rings. The highest BCUT2D eigenvalue weighted by atomic mass is 16.7. The number of aliphatic hydroxyl groups excluding tert-OH is 1. The van der Waals surface area contributed by atoms with Crippen molar-refractivity contribution >= 4 is 52.6 Å². The number of nitrogens with one attached hydrogen (secondary N) is 2. The maximum absolute atomic E-state index is 13.0. The summed E-state index contributed by atoms with van der Waals surface area (Å²) in [4.78, 5) is 62.6. The van der Waals surface area contributed by atoms with Gasteiger partial charge in [0.25, 0.3) is 5.91 Å². The highest BCUT2D eigenvalue weighted by Gasteiger charge is 2.46. The molecule has 3 atom stereocenters. The van der Waals surface area contributed by atoms with Gasteiger partial charge in [0.15, 0.2) is 17.0 Å². The number of aliphatic hydroxyl groups is 1. The van der Waals surface area contributed by atoms with Gasteiger partial charge in [-0.25, -0.2) is 20.2 Å². The standard InChI is InChI=1S/C36H45N11O6/c1-22(2)16-36(13-14-48)17-27(53-47(36)20-23-7-5-4-6-8-23)19-40-45-29(49)15-28(34(51)52)42-33(50)24-9-11-26(12-10-24)46(3)21-25-18-39-32-30(41-25)31(37)43-35(38)44-32/h4-12,18-19,22,27-28,48H,13-17,20-21H2,1-3H3,(H,42,50)(H,45,49)(H,51,52)(H4,37,38,39,43,44)/b40-19+/t27?,28-,36+/m0/s1. The lowest BCUT2D eigenvalue weighted by atomic mass is 9.82. The molecule has 2 amide bonds. The molecule has 1 aliphatic rings. The summed E-state index contributed by atoms with van der Waals surface area (Å²) in [6, 6.07) is 14.8. The van der Waals surface area contributed by atoms with E-state index in [-0.39, 0.29) is 29.6 Å². The van der Waals surface area contributed by atoms with Crippen LogP contribution in [0.2, 0.25) is 0 Å². The number of nitrogen functional groups attached to an aromatic ring is 2. The molecule has 17 heteroatoms. The number of carboxylic acid groups (broad SMARTS) is 1. The van der Waals surface area contributed by atoms with Crippen LogP contribution in [0.1, 0.15) is 61.1 Å². The van der Waals surface area contributed by atoms with Crippen molar-refractivity contribution in [3.8, 4) is 0 Å². The number of hydrogen-bond acceptors (Lipinski definition) is 14. The van der Waals surface area contributed by atoms with E-state index in [4.69, 9.17) is 16.3 Å². The molecular weight excluding hydrogens is 682 g/mol. The molecule has 5 rings (SSSR count). The Bertz CT molecular complexity index is 1930. The first-order chi connectivity index (χ1) is 25.4. The number of nitrogens with two attached hydrogens (primary N) is 2. The minimum atomic E-state index is -1.51. The summed E-state index contributed by atoms with van der Waals surface area (Å²) in [7, 11) is 1.82. The molecule has 2 aromatic carbocycles. The second-order valence-corrected chi connectivity index (χ2v) is 13.5. The lowest BCUT2D eigenvalue weighted by Gasteiger charge is -2.37. The van der Waals surface area contributed by atoms with Gasteiger partial charge in [-0.1, -0.05) is 44.2 Å². The van der Waals surface area contributed by atoms with Crippen LogP contribution >= 0.6 is 0 Å². The van der Waals surface area contributed by atoms with Gasteiger partial charge in [0.1, 0.15) is 12.1 Å². The first kappa shape index (κ1) is 38.5. The quantitative estimate of drug-likeness (QED) is 0.0716. The molecule has 280 valence electrons. The van der Waals surface area contributed by atoms with Gasteiger partial charge < -0.3 is 31.9 Å². The summed E-state index contributed by atoms with van der Waals surface area (Å²) in [5.41, 5.74) is 16.7. The van der Waals surface area contributed by atoms with Crippen molar-refractivity contribution in [2.45, 2.75) is 70.3 Å². The molecule has 0 aliphatic carbocycles. The Morgan fingerprint density at radius 3 is 2.53 bits per heavy atom. The van der Waals surface area contributed by atoms with Gasteiger partial charge in [-0.05, 0) is 48.6 Å². The summed E-state index contributed by atoms with van der Waals surface area (Å²) < 4.78 is 0. The zero-order valence-corrected chi connectivity index (χ0v) is 29.8. The Morgan fingerprint density at radius 2 is 1.85 bits per heavy atom. The van der Waals surface area contributed by atoms with E-state index in [9.17, 15) is 24.6 Å². The van der Waals surface area contributed by atoms with Crippen molar-refractivity contribution in [3.63, 3.8) is 0 Å². The van der Waals surface area contributed by atoms with E-state index < -0.39 is 41.9 Å². The smallest absolute Gasteiger partial charge is 0.326 e. The number of hydrogen-bond donors (Lipinski definition) is 6. The van der Waals surface area contributed by atoms with Crippen LogP contribution in [0, 0.1) is 5.92 Å². The molecule has 4 aromatic rings. The van der Waals surface area contributed by atoms with Crippen molar-refractivity contribution in [1.82, 2.24) is 35.7 Å². The number of anilines is 3. The molecular formula is C36H45N11O6. The molecule has 3 heterocycles. The van der Waals surface area contributed by atoms with E-state index in [1.165, 1.54) is 6.21 Å². The monoisotopic (exact) mass is 727 g/mol. The van der Waals surface area contributed by atoms with Gasteiger partial charge in [0.2, 0.25) is 11.9 Å². The highest BCUT2D eigenvalue weighted by Crippen LogP contribution is 2.40. The van der Waals surface area contributed by atoms with Crippen molar-refractivity contribution in [2.75, 3.05) is 30.0 Å². The van der Waals surface area contributed by atoms with Gasteiger partial charge in [0, 0.05) is 37.9 Å². The number of benzene rings is 2. The summed E-state index contributed by atoms with van der Waals surface area (Å²) in [6.45, 7) is 5.06. The molecule has 1 aliphatic heterocycles. The van der Waals surface area contributed by atoms with Crippen LogP contribution in [0.3, 0.4) is 0 Å². The lowest BCUT2D eigenvalue weighted by molar-refractivity contribution is -0.189. The zero-order chi connectivity index (χ0) is 38.1. The molecule has 53 heavy (non-hydrogen) atoms. The van der Waals surface area contributed by atoms with Crippen LogP contribution in [-0.4, -0.2) is 90.5 Å². The second kappa shape index (κ2) is 17.2. The highest BCUT2D eigenvalue weighted by molar-refractivity contribution is 5.98. The van der Waals surface area contributed by atoms with E-state index >= 15 is 0 Å². The van der Waals surface area contributed by atoms with Crippen LogP contribution in [-0.2, 0) is 27.5 Å². The SMILES string of the molecule is CC(C)C[C@]1(CCO)CC(/C=N/NC(=O)C[C@H](NC(=O)c2ccc(N(C)Cc3cnc4nc(N)nc(N)c4n3)cc2)C(=O)O)ON1Cc1ccccc1. The molecule has 2 aromatic heterocycles. The first-order valence-corrected chi connectivity index (χ1v) is 17.2. The predicted octanol–water partition coefficient (Wildman–Crippen LogP) is 2.27. The van der Waals surface area contributed by atoms with Gasteiger partial charge in [-0.3, -0.25) is 14.4 Å². The minimum Gasteiger partial charge on any atom is -0.480 e. The average Bonchev–Trinajstić information content (AvgIpc) is 3.43. The third kappa shape index (κ3) is 9.97. The van der Waals surface area contributed by atoms with Gasteiger partial charge >= 0.3 is 5.97 Å². The number of aliphatic carboxylic acids is 1. The van der Waals surface area contributed by atoms with Crippen LogP contribution in [0.4, 0.5) is 17.5 Å². The third-order valence-electron chi connectivity index (χ3n) is 8.80. The number of fused-ring (bicyclic) bond motifs is 1. The number of hydrazone groups is 1. The molecule has 0 bridgehead atoms. The Morgan fingerprint density at radius 1 is 1.11 bits per heavy atom. The van der Waals surface area contributed by atoms with E-state index in [1.807, 2.05) is 47.3 Å². The molecule has 0 radical (unpaired) electrons. The van der Waals surface area contributed by atoms with E-state index in [2.05, 4.69) is 49.6 Å². The van der Waals surface area contributed by atoms with Crippen LogP contribution in [0.5, 0.6) is 0 Å². The number of carbonyl (C=O) groups is 3. The normalized spacial score (nSPS) is 18.0. The Hall–Kier alpha value is -5.78. The largest absolute Gasteiger partial charge is 0.480 e. The summed E-state index contributed by atoms with van der Waals surface area (Å²) >= 11 is 0. The topological polar surface area (TPSA) is 247 Å². The number of amides is 2. The molecule has 17 nitrogen and oxygen atoms in total. The predicted molar refractivity (Wildman–Crippen MR) is 198 cm³/mol. The first-order valence-electron chi connectivity index (χ1n) is 17.2. The van der Waals surface area contributed by atoms with E-state index in [1.54, 1.807) is 30.5 Å². The molecule has 1 unspecified atom stereocenters. The molecule has 0 saturated carbocycles. The van der Waals surface area contributed by atoms with Crippen molar-refractivity contribution in [2.24, 2.45) is 11.0 Å². The maximum Gasteiger partial charge on any atom is 0.326 e. The van der Waals surface area contributed by atoms with Crippen molar-refractivity contribution in [1.29, 1.82) is 0 Å². The van der Waals surface area contributed by atoms with E-state index in [0.717, 1.165) is 17.7 Å². The van der Waals surface area contributed by atoms with Crippen LogP contribution in [0.25, 0.3) is 11.2 Å². The number of carbonyl (C=O) groups excluding carboxylic acids is 2. The third-order valence-corrected chi connectivity index (χ3v) is 8.80. The van der Waals surface area contributed by atoms with Crippen molar-refractivity contribution in [3.05, 3.63) is 77.6 Å². The zero-order valence-electron chi connectivity index (χ0n) is 29.8. The Labute approximate surface area is 306 Å². The van der Waals surface area contributed by atoms with Crippen LogP contribution < -0.4 is 27.1 Å². The van der Waals surface area contributed by atoms with Gasteiger partial charge in [-0.15, -0.1) is 0 Å². The number of aromatic nitrogens is 4. The number of carboxylic acids is 1. The fourth-order valence-corrected chi connectivity index (χ4v) is 6.43. The Balaban J connectivity index is 1.15. The summed E-state index contributed by atoms with van der Waals surface area (Å²) in [5.74, 6) is -2.29. The van der Waals surface area contributed by atoms with Gasteiger partial charge in [0.05, 0.1) is 36.6 Å². The van der Waals surface area contributed by atoms with Crippen LogP contribution in [0.15, 0.2) is 65.9 Å². The number of nitrogens with zero attached hydrogens (tertiary/aromatic N) is 7. The van der Waals surface area contributed by atoms with E-state index in [0.29, 0.717) is 43.1 Å². The van der Waals surface area contributed by atoms with Gasteiger partial charge in [-0.2, -0.15) is 20.1 Å². The Kier molecular flexibility index (Phi) is 12.4. The molecule has 8 N–H and O–H groups in total. The second-order valence-electron chi connectivity index (χ2n) is 13.5. The summed E-state index contributed by atoms with van der Waals surface area (Å²) in [5, 5.41) is 28.1. The molecule has 0 spiro atoms. The number of rotatable bonds is 16. The average molecular weight is 728 g/mol.